The van der Waals surface area contributed by atoms with Crippen LogP contribution >= 0.6 is 0 Å². The van der Waals surface area contributed by atoms with Crippen molar-refractivity contribution in [1.82, 2.24) is 4.98 Å². The van der Waals surface area contributed by atoms with Gasteiger partial charge >= 0.3 is 0 Å². The molecule has 0 saturated heterocycles. The maximum absolute atomic E-state index is 13.3. The zero-order chi connectivity index (χ0) is 13.6. The number of hydrogen-bond acceptors (Lipinski definition) is 2. The monoisotopic (exact) mass is 255 g/mol. The first-order valence-electron chi connectivity index (χ1n) is 6.19. The molecule has 0 radical (unpaired) electrons. The summed E-state index contributed by atoms with van der Waals surface area (Å²) >= 11 is 0. The Morgan fingerprint density at radius 1 is 1.05 bits per heavy atom. The van der Waals surface area contributed by atoms with Crippen molar-refractivity contribution in [3.05, 3.63) is 52.8 Å². The van der Waals surface area contributed by atoms with Crippen molar-refractivity contribution in [2.75, 3.05) is 0 Å². The summed E-state index contributed by atoms with van der Waals surface area (Å²) in [7, 11) is 0. The fraction of sp³-hybridized carbons (Fsp3) is 0.188. The van der Waals surface area contributed by atoms with E-state index >= 15 is 0 Å². The van der Waals surface area contributed by atoms with E-state index in [1.807, 2.05) is 13.8 Å². The number of fused-ring (bicyclic) bond motifs is 1. The van der Waals surface area contributed by atoms with Crippen LogP contribution in [0.15, 0.2) is 34.7 Å². The van der Waals surface area contributed by atoms with Gasteiger partial charge in [0.05, 0.1) is 0 Å². The minimum atomic E-state index is -0.288. The van der Waals surface area contributed by atoms with E-state index in [1.54, 1.807) is 12.1 Å². The molecule has 0 aliphatic carbocycles. The molecule has 0 aliphatic heterocycles. The van der Waals surface area contributed by atoms with E-state index in [0.717, 1.165) is 22.2 Å². The molecule has 0 saturated carbocycles. The minimum Gasteiger partial charge on any atom is -0.436 e. The molecule has 1 heterocycles. The van der Waals surface area contributed by atoms with Gasteiger partial charge in [-0.2, -0.15) is 0 Å². The Morgan fingerprint density at radius 2 is 1.84 bits per heavy atom. The number of aryl methyl sites for hydroxylation is 3. The number of oxazole rings is 1. The quantitative estimate of drug-likeness (QED) is 0.637. The lowest BCUT2D eigenvalue weighted by atomic mass is 10.1. The number of nitrogens with zero attached hydrogens (tertiary/aromatic N) is 1. The molecule has 0 fully saturated rings. The van der Waals surface area contributed by atoms with E-state index in [4.69, 9.17) is 4.42 Å². The van der Waals surface area contributed by atoms with Gasteiger partial charge in [-0.1, -0.05) is 12.1 Å². The zero-order valence-corrected chi connectivity index (χ0v) is 11.1. The Kier molecular flexibility index (Phi) is 2.63. The number of rotatable bonds is 1. The zero-order valence-electron chi connectivity index (χ0n) is 11.1. The molecule has 96 valence electrons. The Morgan fingerprint density at radius 3 is 2.58 bits per heavy atom. The van der Waals surface area contributed by atoms with Crippen molar-refractivity contribution in [1.29, 1.82) is 0 Å². The summed E-state index contributed by atoms with van der Waals surface area (Å²) in [6.45, 7) is 6.07. The summed E-state index contributed by atoms with van der Waals surface area (Å²) in [6, 6.07) is 8.38. The average molecular weight is 255 g/mol. The van der Waals surface area contributed by atoms with Crippen LogP contribution in [-0.4, -0.2) is 4.98 Å². The molecule has 0 unspecified atom stereocenters. The molecule has 19 heavy (non-hydrogen) atoms. The van der Waals surface area contributed by atoms with Crippen LogP contribution < -0.4 is 0 Å². The Hall–Kier alpha value is -2.16. The first-order valence-corrected chi connectivity index (χ1v) is 6.19. The van der Waals surface area contributed by atoms with Crippen molar-refractivity contribution in [2.45, 2.75) is 20.8 Å². The Bertz CT molecular complexity index is 774. The van der Waals surface area contributed by atoms with E-state index < -0.39 is 0 Å². The highest BCUT2D eigenvalue weighted by molar-refractivity contribution is 5.83. The molecule has 3 aromatic rings. The predicted octanol–water partition coefficient (Wildman–Crippen LogP) is 4.56. The van der Waals surface area contributed by atoms with Gasteiger partial charge in [0.15, 0.2) is 5.58 Å². The van der Waals surface area contributed by atoms with Crippen LogP contribution in [0.25, 0.3) is 22.6 Å². The molecule has 0 amide bonds. The highest BCUT2D eigenvalue weighted by atomic mass is 19.1. The average Bonchev–Trinajstić information content (AvgIpc) is 2.82. The Labute approximate surface area is 110 Å². The van der Waals surface area contributed by atoms with E-state index in [1.165, 1.54) is 17.7 Å². The molecule has 3 rings (SSSR count). The van der Waals surface area contributed by atoms with Gasteiger partial charge in [0, 0.05) is 5.56 Å². The van der Waals surface area contributed by atoms with Gasteiger partial charge in [0.2, 0.25) is 5.89 Å². The third-order valence-corrected chi connectivity index (χ3v) is 3.44. The van der Waals surface area contributed by atoms with Gasteiger partial charge in [-0.05, 0) is 55.7 Å². The van der Waals surface area contributed by atoms with Crippen LogP contribution in [0.4, 0.5) is 4.39 Å². The van der Waals surface area contributed by atoms with Crippen molar-refractivity contribution in [2.24, 2.45) is 0 Å². The highest BCUT2D eigenvalue weighted by Crippen LogP contribution is 2.30. The third kappa shape index (κ3) is 1.91. The number of halogens is 1. The van der Waals surface area contributed by atoms with Crippen LogP contribution in [0.5, 0.6) is 0 Å². The second-order valence-corrected chi connectivity index (χ2v) is 4.84. The summed E-state index contributed by atoms with van der Waals surface area (Å²) in [5.74, 6) is 0.177. The largest absolute Gasteiger partial charge is 0.436 e. The van der Waals surface area contributed by atoms with Gasteiger partial charge in [-0.15, -0.1) is 0 Å². The van der Waals surface area contributed by atoms with Gasteiger partial charge in [0.1, 0.15) is 11.3 Å². The fourth-order valence-electron chi connectivity index (χ4n) is 2.27. The van der Waals surface area contributed by atoms with E-state index in [0.29, 0.717) is 11.5 Å². The molecular weight excluding hydrogens is 241 g/mol. The first kappa shape index (κ1) is 11.9. The lowest BCUT2D eigenvalue weighted by Crippen LogP contribution is -1.85. The summed E-state index contributed by atoms with van der Waals surface area (Å²) < 4.78 is 19.1. The van der Waals surface area contributed by atoms with Crippen LogP contribution in [0.2, 0.25) is 0 Å². The standard InChI is InChI=1S/C16H14FNO/c1-9-7-10(2)15-14(11(9)3)18-16(19-15)12-5-4-6-13(17)8-12/h4-8H,1-3H3. The molecular formula is C16H14FNO. The number of benzene rings is 2. The van der Waals surface area contributed by atoms with Gasteiger partial charge in [-0.25, -0.2) is 9.37 Å². The van der Waals surface area contributed by atoms with Gasteiger partial charge in [-0.3, -0.25) is 0 Å². The second-order valence-electron chi connectivity index (χ2n) is 4.84. The third-order valence-electron chi connectivity index (χ3n) is 3.44. The molecule has 2 nitrogen and oxygen atoms in total. The lowest BCUT2D eigenvalue weighted by molar-refractivity contribution is 0.609. The van der Waals surface area contributed by atoms with Gasteiger partial charge < -0.3 is 4.42 Å². The topological polar surface area (TPSA) is 26.0 Å². The van der Waals surface area contributed by atoms with Crippen LogP contribution in [0.1, 0.15) is 16.7 Å². The van der Waals surface area contributed by atoms with Crippen molar-refractivity contribution in [3.63, 3.8) is 0 Å². The molecule has 0 N–H and O–H groups in total. The summed E-state index contributed by atoms with van der Waals surface area (Å²) in [4.78, 5) is 4.51. The fourth-order valence-corrected chi connectivity index (χ4v) is 2.27. The van der Waals surface area contributed by atoms with E-state index in [-0.39, 0.29) is 5.82 Å². The second kappa shape index (κ2) is 4.19. The molecule has 0 aliphatic rings. The molecule has 3 heteroatoms. The summed E-state index contributed by atoms with van der Waals surface area (Å²) in [6.07, 6.45) is 0. The lowest BCUT2D eigenvalue weighted by Gasteiger charge is -2.01. The first-order chi connectivity index (χ1) is 9.06. The highest BCUT2D eigenvalue weighted by Gasteiger charge is 2.13. The van der Waals surface area contributed by atoms with Crippen molar-refractivity contribution < 1.29 is 8.81 Å². The maximum atomic E-state index is 13.3. The molecule has 0 atom stereocenters. The van der Waals surface area contributed by atoms with E-state index in [2.05, 4.69) is 18.0 Å². The minimum absolute atomic E-state index is 0.288. The Balaban J connectivity index is 2.28. The van der Waals surface area contributed by atoms with E-state index in [9.17, 15) is 4.39 Å². The van der Waals surface area contributed by atoms with Crippen molar-refractivity contribution in [3.8, 4) is 11.5 Å². The molecule has 1 aromatic heterocycles. The number of aromatic nitrogens is 1. The van der Waals surface area contributed by atoms with Crippen molar-refractivity contribution >= 4 is 11.1 Å². The SMILES string of the molecule is Cc1cc(C)c2oc(-c3cccc(F)c3)nc2c1C. The maximum Gasteiger partial charge on any atom is 0.227 e. The molecule has 0 bridgehead atoms. The smallest absolute Gasteiger partial charge is 0.227 e. The number of hydrogen-bond donors (Lipinski definition) is 0. The van der Waals surface area contributed by atoms with Crippen LogP contribution in [-0.2, 0) is 0 Å². The predicted molar refractivity (Wildman–Crippen MR) is 73.6 cm³/mol. The van der Waals surface area contributed by atoms with Crippen LogP contribution in [0.3, 0.4) is 0 Å². The van der Waals surface area contributed by atoms with Gasteiger partial charge in [0.25, 0.3) is 0 Å². The molecule has 2 aromatic carbocycles. The molecule has 0 spiro atoms. The summed E-state index contributed by atoms with van der Waals surface area (Å²) in [5.41, 5.74) is 5.64. The van der Waals surface area contributed by atoms with Crippen LogP contribution in [0, 0.1) is 26.6 Å². The normalized spacial score (nSPS) is 11.2. The summed E-state index contributed by atoms with van der Waals surface area (Å²) in [5, 5.41) is 0.